The Hall–Kier alpha value is -1.44. The molecule has 2 N–H and O–H groups in total. The van der Waals surface area contributed by atoms with E-state index in [1.54, 1.807) is 11.0 Å². The summed E-state index contributed by atoms with van der Waals surface area (Å²) in [6.07, 6.45) is 0.0957. The van der Waals surface area contributed by atoms with Crippen LogP contribution in [0.4, 0.5) is 0 Å². The van der Waals surface area contributed by atoms with E-state index in [0.717, 1.165) is 5.69 Å². The molecule has 7 nitrogen and oxygen atoms in total. The smallest absolute Gasteiger partial charge is 0.230 e. The summed E-state index contributed by atoms with van der Waals surface area (Å²) in [7, 11) is 0. The van der Waals surface area contributed by atoms with Crippen LogP contribution in [0, 0.1) is 6.92 Å². The van der Waals surface area contributed by atoms with Crippen molar-refractivity contribution < 1.29 is 24.3 Å². The predicted molar refractivity (Wildman–Crippen MR) is 76.1 cm³/mol. The van der Waals surface area contributed by atoms with Crippen molar-refractivity contribution >= 4 is 5.91 Å². The van der Waals surface area contributed by atoms with Crippen LogP contribution in [0.5, 0.6) is 0 Å². The van der Waals surface area contributed by atoms with Crippen molar-refractivity contribution in [2.24, 2.45) is 0 Å². The zero-order valence-electron chi connectivity index (χ0n) is 12.7. The van der Waals surface area contributed by atoms with Gasteiger partial charge in [-0.05, 0) is 26.2 Å². The SMILES string of the molecule is Cc1cc(CC(=O)N2CCC3(CC2)OCC[C@H](O)[C@@H]3O)on1. The molecule has 2 aliphatic rings. The molecule has 0 unspecified atom stereocenters. The molecule has 3 heterocycles. The summed E-state index contributed by atoms with van der Waals surface area (Å²) in [5, 5.41) is 23.8. The third-order valence-corrected chi connectivity index (χ3v) is 4.67. The maximum absolute atomic E-state index is 12.3. The first-order valence-corrected chi connectivity index (χ1v) is 7.70. The number of aliphatic hydroxyl groups is 2. The summed E-state index contributed by atoms with van der Waals surface area (Å²) >= 11 is 0. The monoisotopic (exact) mass is 310 g/mol. The molecule has 0 aromatic carbocycles. The minimum Gasteiger partial charge on any atom is -0.390 e. The van der Waals surface area contributed by atoms with Crippen molar-refractivity contribution in [3.63, 3.8) is 0 Å². The molecule has 1 aromatic heterocycles. The van der Waals surface area contributed by atoms with E-state index in [1.807, 2.05) is 6.92 Å². The maximum atomic E-state index is 12.3. The quantitative estimate of drug-likeness (QED) is 0.800. The maximum Gasteiger partial charge on any atom is 0.230 e. The summed E-state index contributed by atoms with van der Waals surface area (Å²) in [6.45, 7) is 3.28. The third-order valence-electron chi connectivity index (χ3n) is 4.67. The van der Waals surface area contributed by atoms with E-state index in [4.69, 9.17) is 9.26 Å². The second-order valence-electron chi connectivity index (χ2n) is 6.21. The van der Waals surface area contributed by atoms with Crippen LogP contribution in [0.2, 0.25) is 0 Å². The topological polar surface area (TPSA) is 96.0 Å². The molecule has 0 aliphatic carbocycles. The van der Waals surface area contributed by atoms with Crippen LogP contribution in [0.15, 0.2) is 10.6 Å². The number of nitrogens with zero attached hydrogens (tertiary/aromatic N) is 2. The van der Waals surface area contributed by atoms with Crippen LogP contribution in [-0.2, 0) is 16.0 Å². The molecular formula is C15H22N2O5. The van der Waals surface area contributed by atoms with E-state index in [9.17, 15) is 15.0 Å². The Morgan fingerprint density at radius 1 is 1.45 bits per heavy atom. The Morgan fingerprint density at radius 2 is 2.18 bits per heavy atom. The highest BCUT2D eigenvalue weighted by Gasteiger charge is 2.48. The molecule has 22 heavy (non-hydrogen) atoms. The van der Waals surface area contributed by atoms with Crippen molar-refractivity contribution in [3.8, 4) is 0 Å². The van der Waals surface area contributed by atoms with Crippen LogP contribution in [0.1, 0.15) is 30.7 Å². The van der Waals surface area contributed by atoms with Crippen LogP contribution in [0.25, 0.3) is 0 Å². The second kappa shape index (κ2) is 5.98. The van der Waals surface area contributed by atoms with Gasteiger partial charge in [-0.15, -0.1) is 0 Å². The lowest BCUT2D eigenvalue weighted by molar-refractivity contribution is -0.214. The highest BCUT2D eigenvalue weighted by molar-refractivity contribution is 5.78. The Labute approximate surface area is 128 Å². The molecule has 7 heteroatoms. The fraction of sp³-hybridized carbons (Fsp3) is 0.733. The number of aliphatic hydroxyl groups excluding tert-OH is 2. The van der Waals surface area contributed by atoms with Gasteiger partial charge in [-0.25, -0.2) is 0 Å². The normalized spacial score (nSPS) is 28.0. The summed E-state index contributed by atoms with van der Waals surface area (Å²) in [5.74, 6) is 0.545. The van der Waals surface area contributed by atoms with Gasteiger partial charge in [-0.1, -0.05) is 5.16 Å². The molecule has 2 saturated heterocycles. The Morgan fingerprint density at radius 3 is 2.82 bits per heavy atom. The fourth-order valence-electron chi connectivity index (χ4n) is 3.31. The van der Waals surface area contributed by atoms with E-state index >= 15 is 0 Å². The Kier molecular flexibility index (Phi) is 4.20. The zero-order chi connectivity index (χ0) is 15.7. The molecule has 2 fully saturated rings. The molecule has 0 bridgehead atoms. The Balaban J connectivity index is 1.58. The lowest BCUT2D eigenvalue weighted by Gasteiger charge is -2.48. The average molecular weight is 310 g/mol. The summed E-state index contributed by atoms with van der Waals surface area (Å²) in [4.78, 5) is 14.0. The molecular weight excluding hydrogens is 288 g/mol. The van der Waals surface area contributed by atoms with Crippen molar-refractivity contribution in [1.82, 2.24) is 10.1 Å². The number of ether oxygens (including phenoxy) is 1. The highest BCUT2D eigenvalue weighted by atomic mass is 16.5. The highest BCUT2D eigenvalue weighted by Crippen LogP contribution is 2.35. The molecule has 1 aromatic rings. The van der Waals surface area contributed by atoms with Gasteiger partial charge < -0.3 is 24.4 Å². The van der Waals surface area contributed by atoms with Crippen LogP contribution in [0.3, 0.4) is 0 Å². The van der Waals surface area contributed by atoms with Crippen molar-refractivity contribution in [3.05, 3.63) is 17.5 Å². The van der Waals surface area contributed by atoms with Gasteiger partial charge >= 0.3 is 0 Å². The van der Waals surface area contributed by atoms with Gasteiger partial charge in [0.1, 0.15) is 11.9 Å². The lowest BCUT2D eigenvalue weighted by Crippen LogP contribution is -2.60. The number of rotatable bonds is 2. The van der Waals surface area contributed by atoms with Gasteiger partial charge in [0.2, 0.25) is 5.91 Å². The van der Waals surface area contributed by atoms with E-state index in [-0.39, 0.29) is 12.3 Å². The van der Waals surface area contributed by atoms with Crippen molar-refractivity contribution in [2.45, 2.75) is 50.4 Å². The summed E-state index contributed by atoms with van der Waals surface area (Å²) < 4.78 is 10.8. The van der Waals surface area contributed by atoms with Gasteiger partial charge in [0.15, 0.2) is 0 Å². The number of aryl methyl sites for hydroxylation is 1. The van der Waals surface area contributed by atoms with Gasteiger partial charge in [-0.2, -0.15) is 0 Å². The molecule has 2 aliphatic heterocycles. The van der Waals surface area contributed by atoms with E-state index < -0.39 is 17.8 Å². The lowest BCUT2D eigenvalue weighted by atomic mass is 9.80. The van der Waals surface area contributed by atoms with Gasteiger partial charge in [0.25, 0.3) is 0 Å². The van der Waals surface area contributed by atoms with E-state index in [0.29, 0.717) is 44.7 Å². The fourth-order valence-corrected chi connectivity index (χ4v) is 3.31. The molecule has 122 valence electrons. The molecule has 0 saturated carbocycles. The van der Waals surface area contributed by atoms with Crippen LogP contribution < -0.4 is 0 Å². The third kappa shape index (κ3) is 2.88. The second-order valence-corrected chi connectivity index (χ2v) is 6.21. The summed E-state index contributed by atoms with van der Waals surface area (Å²) in [6, 6.07) is 1.76. The first-order valence-electron chi connectivity index (χ1n) is 7.70. The molecule has 3 rings (SSSR count). The number of hydrogen-bond donors (Lipinski definition) is 2. The number of aromatic nitrogens is 1. The van der Waals surface area contributed by atoms with Gasteiger partial charge in [0, 0.05) is 19.2 Å². The number of likely N-dealkylation sites (tertiary alicyclic amines) is 1. The largest absolute Gasteiger partial charge is 0.390 e. The molecule has 1 spiro atoms. The molecule has 1 amide bonds. The minimum atomic E-state index is -0.879. The summed E-state index contributed by atoms with van der Waals surface area (Å²) in [5.41, 5.74) is 0.0465. The average Bonchev–Trinajstić information content (AvgIpc) is 2.90. The number of hydrogen-bond acceptors (Lipinski definition) is 6. The number of piperidine rings is 1. The zero-order valence-corrected chi connectivity index (χ0v) is 12.7. The van der Waals surface area contributed by atoms with Crippen LogP contribution >= 0.6 is 0 Å². The molecule has 2 atom stereocenters. The van der Waals surface area contributed by atoms with E-state index in [1.165, 1.54) is 0 Å². The van der Waals surface area contributed by atoms with Crippen LogP contribution in [-0.4, -0.2) is 63.7 Å². The first-order chi connectivity index (χ1) is 10.5. The van der Waals surface area contributed by atoms with Crippen molar-refractivity contribution in [1.29, 1.82) is 0 Å². The number of carbonyl (C=O) groups is 1. The predicted octanol–water partition coefficient (Wildman–Crippen LogP) is 0.0288. The number of carbonyl (C=O) groups excluding carboxylic acids is 1. The van der Waals surface area contributed by atoms with Gasteiger partial charge in [-0.3, -0.25) is 4.79 Å². The minimum absolute atomic E-state index is 0.0168. The van der Waals surface area contributed by atoms with E-state index in [2.05, 4.69) is 5.16 Å². The Bertz CT molecular complexity index is 536. The first kappa shape index (κ1) is 15.5. The number of amides is 1. The molecule has 0 radical (unpaired) electrons. The van der Waals surface area contributed by atoms with Crippen molar-refractivity contribution in [2.75, 3.05) is 19.7 Å². The van der Waals surface area contributed by atoms with Gasteiger partial charge in [0.05, 0.1) is 30.4 Å². The standard InChI is InChI=1S/C15H22N2O5/c1-10-8-11(22-16-10)9-13(19)17-5-3-15(4-6-17)14(20)12(18)2-7-21-15/h8,12,14,18,20H,2-7,9H2,1H3/t12-,14-/m0/s1.